The SMILES string of the molecule is CSc1ncc(CO)c(Nc2cccc(SN)c2)n1. The Labute approximate surface area is 120 Å². The standard InChI is InChI=1S/C12H14N4OS2/c1-18-12-14-6-8(7-17)11(16-12)15-9-3-2-4-10(5-9)19-13/h2-6,17H,7,13H2,1H3,(H,14,15,16). The molecule has 0 saturated heterocycles. The number of thioether (sulfide) groups is 1. The summed E-state index contributed by atoms with van der Waals surface area (Å²) in [5, 5.41) is 18.7. The lowest BCUT2D eigenvalue weighted by molar-refractivity contribution is 0.281. The minimum absolute atomic E-state index is 0.109. The quantitative estimate of drug-likeness (QED) is 0.443. The van der Waals surface area contributed by atoms with E-state index in [1.807, 2.05) is 30.5 Å². The van der Waals surface area contributed by atoms with E-state index in [1.165, 1.54) is 23.7 Å². The van der Waals surface area contributed by atoms with Gasteiger partial charge >= 0.3 is 0 Å². The van der Waals surface area contributed by atoms with Gasteiger partial charge in [-0.2, -0.15) is 0 Å². The van der Waals surface area contributed by atoms with E-state index >= 15 is 0 Å². The summed E-state index contributed by atoms with van der Waals surface area (Å²) in [4.78, 5) is 9.44. The Kier molecular flexibility index (Phi) is 5.03. The van der Waals surface area contributed by atoms with E-state index in [1.54, 1.807) is 6.20 Å². The summed E-state index contributed by atoms with van der Waals surface area (Å²) in [5.74, 6) is 0.612. The molecule has 0 atom stereocenters. The van der Waals surface area contributed by atoms with Crippen LogP contribution in [0.5, 0.6) is 0 Å². The van der Waals surface area contributed by atoms with Crippen LogP contribution >= 0.6 is 23.7 Å². The number of hydrogen-bond acceptors (Lipinski definition) is 7. The van der Waals surface area contributed by atoms with Gasteiger partial charge in [-0.05, 0) is 36.4 Å². The third-order valence-electron chi connectivity index (χ3n) is 2.43. The van der Waals surface area contributed by atoms with Gasteiger partial charge in [-0.1, -0.05) is 17.8 Å². The van der Waals surface area contributed by atoms with Crippen molar-refractivity contribution in [3.8, 4) is 0 Å². The third kappa shape index (κ3) is 3.60. The summed E-state index contributed by atoms with van der Waals surface area (Å²) >= 11 is 2.64. The molecule has 4 N–H and O–H groups in total. The number of nitrogens with two attached hydrogens (primary N) is 1. The maximum absolute atomic E-state index is 9.31. The van der Waals surface area contributed by atoms with Crippen molar-refractivity contribution in [1.82, 2.24) is 9.97 Å². The van der Waals surface area contributed by atoms with Crippen molar-refractivity contribution in [1.29, 1.82) is 0 Å². The first-order chi connectivity index (χ1) is 9.26. The fraction of sp³-hybridized carbons (Fsp3) is 0.167. The van der Waals surface area contributed by atoms with Crippen LogP contribution in [0, 0.1) is 0 Å². The molecule has 0 aliphatic rings. The molecule has 1 aromatic carbocycles. The average Bonchev–Trinajstić information content (AvgIpc) is 2.47. The molecule has 0 aliphatic heterocycles. The van der Waals surface area contributed by atoms with Crippen LogP contribution < -0.4 is 10.5 Å². The van der Waals surface area contributed by atoms with Crippen molar-refractivity contribution in [3.63, 3.8) is 0 Å². The summed E-state index contributed by atoms with van der Waals surface area (Å²) in [6.45, 7) is -0.109. The van der Waals surface area contributed by atoms with Crippen molar-refractivity contribution in [2.45, 2.75) is 16.7 Å². The minimum atomic E-state index is -0.109. The summed E-state index contributed by atoms with van der Waals surface area (Å²) < 4.78 is 0. The van der Waals surface area contributed by atoms with E-state index in [2.05, 4.69) is 15.3 Å². The summed E-state index contributed by atoms with van der Waals surface area (Å²) in [6, 6.07) is 7.68. The van der Waals surface area contributed by atoms with E-state index in [9.17, 15) is 5.11 Å². The molecule has 0 radical (unpaired) electrons. The van der Waals surface area contributed by atoms with E-state index in [4.69, 9.17) is 5.14 Å². The zero-order valence-corrected chi connectivity index (χ0v) is 12.0. The molecule has 0 spiro atoms. The lowest BCUT2D eigenvalue weighted by atomic mass is 10.3. The molecule has 0 unspecified atom stereocenters. The Bertz CT molecular complexity index is 565. The van der Waals surface area contributed by atoms with Gasteiger partial charge in [0, 0.05) is 22.3 Å². The number of aliphatic hydroxyl groups is 1. The smallest absolute Gasteiger partial charge is 0.189 e. The molecule has 0 saturated carbocycles. The highest BCUT2D eigenvalue weighted by Crippen LogP contribution is 2.23. The van der Waals surface area contributed by atoms with E-state index < -0.39 is 0 Å². The monoisotopic (exact) mass is 294 g/mol. The number of aromatic nitrogens is 2. The third-order valence-corrected chi connectivity index (χ3v) is 3.52. The molecule has 2 rings (SSSR count). The number of hydrogen-bond donors (Lipinski definition) is 3. The number of anilines is 2. The molecule has 0 aliphatic carbocycles. The zero-order valence-electron chi connectivity index (χ0n) is 10.3. The molecule has 0 fully saturated rings. The number of nitrogens with one attached hydrogen (secondary N) is 1. The molecule has 1 heterocycles. The highest BCUT2D eigenvalue weighted by Gasteiger charge is 2.07. The molecular formula is C12H14N4OS2. The van der Waals surface area contributed by atoms with Crippen molar-refractivity contribution >= 4 is 35.2 Å². The van der Waals surface area contributed by atoms with Crippen LogP contribution in [0.2, 0.25) is 0 Å². The summed E-state index contributed by atoms with van der Waals surface area (Å²) in [5.41, 5.74) is 1.53. The first-order valence-electron chi connectivity index (χ1n) is 5.51. The van der Waals surface area contributed by atoms with Gasteiger partial charge in [-0.3, -0.25) is 5.14 Å². The van der Waals surface area contributed by atoms with Crippen LogP contribution in [-0.4, -0.2) is 21.3 Å². The Hall–Kier alpha value is -1.28. The first kappa shape index (κ1) is 14.1. The molecular weight excluding hydrogens is 280 g/mol. The van der Waals surface area contributed by atoms with Gasteiger partial charge < -0.3 is 10.4 Å². The second-order valence-corrected chi connectivity index (χ2v) is 5.14. The van der Waals surface area contributed by atoms with Crippen molar-refractivity contribution in [2.75, 3.05) is 11.6 Å². The molecule has 7 heteroatoms. The van der Waals surface area contributed by atoms with Crippen LogP contribution in [0.15, 0.2) is 40.5 Å². The van der Waals surface area contributed by atoms with Crippen molar-refractivity contribution < 1.29 is 5.11 Å². The Morgan fingerprint density at radius 3 is 2.95 bits per heavy atom. The lowest BCUT2D eigenvalue weighted by Crippen LogP contribution is -2.02. The summed E-state index contributed by atoms with van der Waals surface area (Å²) in [6.07, 6.45) is 3.53. The molecule has 0 amide bonds. The van der Waals surface area contributed by atoms with Crippen LogP contribution in [0.4, 0.5) is 11.5 Å². The van der Waals surface area contributed by atoms with Gasteiger partial charge in [0.1, 0.15) is 5.82 Å². The number of benzene rings is 1. The molecule has 0 bridgehead atoms. The second kappa shape index (κ2) is 6.76. The predicted molar refractivity (Wildman–Crippen MR) is 79.5 cm³/mol. The van der Waals surface area contributed by atoms with E-state index in [0.29, 0.717) is 16.5 Å². The van der Waals surface area contributed by atoms with E-state index in [0.717, 1.165) is 10.6 Å². The molecule has 5 nitrogen and oxygen atoms in total. The minimum Gasteiger partial charge on any atom is -0.391 e. The van der Waals surface area contributed by atoms with Gasteiger partial charge in [0.05, 0.1) is 6.61 Å². The van der Waals surface area contributed by atoms with Crippen molar-refractivity contribution in [3.05, 3.63) is 36.0 Å². The Morgan fingerprint density at radius 1 is 1.42 bits per heavy atom. The zero-order chi connectivity index (χ0) is 13.7. The first-order valence-corrected chi connectivity index (χ1v) is 7.62. The van der Waals surface area contributed by atoms with Gasteiger partial charge in [-0.25, -0.2) is 9.97 Å². The number of rotatable bonds is 5. The highest BCUT2D eigenvalue weighted by molar-refractivity contribution is 7.98. The molecule has 100 valence electrons. The fourth-order valence-corrected chi connectivity index (χ4v) is 2.19. The van der Waals surface area contributed by atoms with Crippen LogP contribution in [0.1, 0.15) is 5.56 Å². The van der Waals surface area contributed by atoms with Crippen LogP contribution in [0.3, 0.4) is 0 Å². The molecule has 19 heavy (non-hydrogen) atoms. The summed E-state index contributed by atoms with van der Waals surface area (Å²) in [7, 11) is 0. The average molecular weight is 294 g/mol. The fourth-order valence-electron chi connectivity index (χ4n) is 1.50. The Balaban J connectivity index is 2.30. The van der Waals surface area contributed by atoms with Gasteiger partial charge in [-0.15, -0.1) is 0 Å². The van der Waals surface area contributed by atoms with Gasteiger partial charge in [0.25, 0.3) is 0 Å². The second-order valence-electron chi connectivity index (χ2n) is 3.66. The topological polar surface area (TPSA) is 84.1 Å². The molecule has 2 aromatic rings. The predicted octanol–water partition coefficient (Wildman–Crippen LogP) is 2.40. The number of nitrogens with zero attached hydrogens (tertiary/aromatic N) is 2. The Morgan fingerprint density at radius 2 is 2.26 bits per heavy atom. The van der Waals surface area contributed by atoms with Crippen LogP contribution in [0.25, 0.3) is 0 Å². The molecule has 1 aromatic heterocycles. The normalized spacial score (nSPS) is 10.5. The van der Waals surface area contributed by atoms with Gasteiger partial charge in [0.2, 0.25) is 0 Å². The van der Waals surface area contributed by atoms with E-state index in [-0.39, 0.29) is 6.61 Å². The maximum Gasteiger partial charge on any atom is 0.189 e. The van der Waals surface area contributed by atoms with Crippen molar-refractivity contribution in [2.24, 2.45) is 5.14 Å². The largest absolute Gasteiger partial charge is 0.391 e. The van der Waals surface area contributed by atoms with Gasteiger partial charge in [0.15, 0.2) is 5.16 Å². The maximum atomic E-state index is 9.31. The number of aliphatic hydroxyl groups excluding tert-OH is 1. The lowest BCUT2D eigenvalue weighted by Gasteiger charge is -2.10. The highest BCUT2D eigenvalue weighted by atomic mass is 32.2. The van der Waals surface area contributed by atoms with Crippen LogP contribution in [-0.2, 0) is 6.61 Å².